The van der Waals surface area contributed by atoms with E-state index in [1.54, 1.807) is 6.92 Å². The molecule has 0 amide bonds. The monoisotopic (exact) mass is 180 g/mol. The van der Waals surface area contributed by atoms with Gasteiger partial charge < -0.3 is 9.05 Å². The number of rotatable bonds is 3. The van der Waals surface area contributed by atoms with Crippen LogP contribution in [0.15, 0.2) is 0 Å². The second-order valence-corrected chi connectivity index (χ2v) is 6.23. The van der Waals surface area contributed by atoms with Gasteiger partial charge in [0.05, 0.1) is 11.8 Å². The molecule has 0 aromatic heterocycles. The molecule has 68 valence electrons. The van der Waals surface area contributed by atoms with Crippen LogP contribution in [0.3, 0.4) is 0 Å². The summed E-state index contributed by atoms with van der Waals surface area (Å²) in [5.74, 6) is 0. The van der Waals surface area contributed by atoms with Crippen molar-refractivity contribution in [1.29, 1.82) is 0 Å². The molecule has 0 N–H and O–H groups in total. The maximum absolute atomic E-state index is 11.8. The molecule has 3 nitrogen and oxygen atoms in total. The highest BCUT2D eigenvalue weighted by atomic mass is 31.2. The van der Waals surface area contributed by atoms with Crippen LogP contribution in [0.5, 0.6) is 0 Å². The molecule has 0 aliphatic carbocycles. The highest BCUT2D eigenvalue weighted by Gasteiger charge is 2.38. The maximum atomic E-state index is 11.8. The zero-order chi connectivity index (χ0) is 9.12. The Bertz CT molecular complexity index is 160. The Labute approximate surface area is 68.6 Å². The molecule has 0 aromatic carbocycles. The van der Waals surface area contributed by atoms with Gasteiger partial charge in [-0.3, -0.25) is 4.57 Å². The van der Waals surface area contributed by atoms with E-state index < -0.39 is 12.8 Å². The lowest BCUT2D eigenvalue weighted by Crippen LogP contribution is -2.17. The van der Waals surface area contributed by atoms with Crippen LogP contribution >= 0.6 is 7.60 Å². The van der Waals surface area contributed by atoms with E-state index in [-0.39, 0.29) is 0 Å². The molecule has 4 heteroatoms. The highest BCUT2D eigenvalue weighted by molar-refractivity contribution is 7.55. The standard InChI is InChI=1S/C7H17O3P/c1-6-10-11(8,9-5)7(2,3)4/h6H2,1-5H3. The van der Waals surface area contributed by atoms with Crippen LogP contribution in [0.1, 0.15) is 27.7 Å². The highest BCUT2D eigenvalue weighted by Crippen LogP contribution is 2.58. The minimum absolute atomic E-state index is 0.419. The van der Waals surface area contributed by atoms with E-state index in [4.69, 9.17) is 9.05 Å². The fourth-order valence-corrected chi connectivity index (χ4v) is 2.07. The molecule has 0 rings (SSSR count). The van der Waals surface area contributed by atoms with Crippen LogP contribution in [0, 0.1) is 0 Å². The fourth-order valence-electron chi connectivity index (χ4n) is 0.690. The van der Waals surface area contributed by atoms with Crippen molar-refractivity contribution in [2.45, 2.75) is 32.9 Å². The lowest BCUT2D eigenvalue weighted by Gasteiger charge is -2.27. The van der Waals surface area contributed by atoms with Gasteiger partial charge in [-0.1, -0.05) is 0 Å². The zero-order valence-corrected chi connectivity index (χ0v) is 8.77. The summed E-state index contributed by atoms with van der Waals surface area (Å²) in [6.07, 6.45) is 0. The van der Waals surface area contributed by atoms with Gasteiger partial charge in [-0.25, -0.2) is 0 Å². The average molecular weight is 180 g/mol. The lowest BCUT2D eigenvalue weighted by molar-refractivity contribution is 0.226. The first-order valence-electron chi connectivity index (χ1n) is 3.68. The van der Waals surface area contributed by atoms with E-state index in [0.29, 0.717) is 6.61 Å². The Morgan fingerprint density at radius 2 is 1.82 bits per heavy atom. The van der Waals surface area contributed by atoms with Gasteiger partial charge in [0.1, 0.15) is 0 Å². The molecule has 0 aliphatic rings. The van der Waals surface area contributed by atoms with Crippen molar-refractivity contribution in [3.8, 4) is 0 Å². The van der Waals surface area contributed by atoms with Crippen molar-refractivity contribution < 1.29 is 13.6 Å². The Hall–Kier alpha value is 0.150. The lowest BCUT2D eigenvalue weighted by atomic mass is 10.3. The van der Waals surface area contributed by atoms with E-state index in [2.05, 4.69) is 0 Å². The fraction of sp³-hybridized carbons (Fsp3) is 1.00. The summed E-state index contributed by atoms with van der Waals surface area (Å²) in [5.41, 5.74) is 0. The Morgan fingerprint density at radius 3 is 1.91 bits per heavy atom. The quantitative estimate of drug-likeness (QED) is 0.626. The second-order valence-electron chi connectivity index (χ2n) is 3.27. The molecule has 11 heavy (non-hydrogen) atoms. The minimum Gasteiger partial charge on any atom is -0.312 e. The summed E-state index contributed by atoms with van der Waals surface area (Å²) in [6, 6.07) is 0. The van der Waals surface area contributed by atoms with Gasteiger partial charge in [0.15, 0.2) is 0 Å². The molecule has 0 saturated heterocycles. The van der Waals surface area contributed by atoms with Crippen molar-refractivity contribution in [3.63, 3.8) is 0 Å². The van der Waals surface area contributed by atoms with Gasteiger partial charge >= 0.3 is 7.60 Å². The minimum atomic E-state index is -2.88. The maximum Gasteiger partial charge on any atom is 0.335 e. The molecule has 0 aromatic rings. The molecule has 0 heterocycles. The summed E-state index contributed by atoms with van der Waals surface area (Å²) in [6.45, 7) is 7.74. The summed E-state index contributed by atoms with van der Waals surface area (Å²) >= 11 is 0. The molecular formula is C7H17O3P. The van der Waals surface area contributed by atoms with Gasteiger partial charge in [0.25, 0.3) is 0 Å². The number of hydrogen-bond donors (Lipinski definition) is 0. The van der Waals surface area contributed by atoms with Crippen LogP contribution < -0.4 is 0 Å². The van der Waals surface area contributed by atoms with E-state index in [1.807, 2.05) is 20.8 Å². The van der Waals surface area contributed by atoms with E-state index >= 15 is 0 Å². The first kappa shape index (κ1) is 11.2. The third-order valence-corrected chi connectivity index (χ3v) is 4.08. The van der Waals surface area contributed by atoms with Crippen LogP contribution in [-0.2, 0) is 13.6 Å². The van der Waals surface area contributed by atoms with Crippen LogP contribution in [0.2, 0.25) is 0 Å². The van der Waals surface area contributed by atoms with Crippen molar-refractivity contribution in [1.82, 2.24) is 0 Å². The first-order chi connectivity index (χ1) is 4.87. The molecule has 0 radical (unpaired) electrons. The van der Waals surface area contributed by atoms with Gasteiger partial charge in [-0.05, 0) is 27.7 Å². The topological polar surface area (TPSA) is 35.5 Å². The van der Waals surface area contributed by atoms with Crippen molar-refractivity contribution in [2.24, 2.45) is 0 Å². The van der Waals surface area contributed by atoms with Gasteiger partial charge in [0, 0.05) is 7.11 Å². The van der Waals surface area contributed by atoms with E-state index in [9.17, 15) is 4.57 Å². The third-order valence-electron chi connectivity index (χ3n) is 1.36. The molecule has 0 spiro atoms. The third kappa shape index (κ3) is 2.58. The zero-order valence-electron chi connectivity index (χ0n) is 7.88. The molecule has 1 unspecified atom stereocenters. The molecule has 0 fully saturated rings. The summed E-state index contributed by atoms with van der Waals surface area (Å²) < 4.78 is 21.7. The number of hydrogen-bond acceptors (Lipinski definition) is 3. The smallest absolute Gasteiger partial charge is 0.312 e. The molecule has 0 aliphatic heterocycles. The second kappa shape index (κ2) is 3.70. The van der Waals surface area contributed by atoms with Crippen LogP contribution in [-0.4, -0.2) is 18.9 Å². The van der Waals surface area contributed by atoms with Gasteiger partial charge in [0.2, 0.25) is 0 Å². The predicted molar refractivity (Wildman–Crippen MR) is 46.0 cm³/mol. The molecule has 0 bridgehead atoms. The normalized spacial score (nSPS) is 17.9. The van der Waals surface area contributed by atoms with Crippen LogP contribution in [0.4, 0.5) is 0 Å². The van der Waals surface area contributed by atoms with Crippen molar-refractivity contribution in [3.05, 3.63) is 0 Å². The molecule has 0 saturated carbocycles. The summed E-state index contributed by atoms with van der Waals surface area (Å²) in [5, 5.41) is -0.433. The van der Waals surface area contributed by atoms with Crippen molar-refractivity contribution in [2.75, 3.05) is 13.7 Å². The Balaban J connectivity index is 4.48. The van der Waals surface area contributed by atoms with Crippen LogP contribution in [0.25, 0.3) is 0 Å². The van der Waals surface area contributed by atoms with Crippen molar-refractivity contribution >= 4 is 7.60 Å². The molecular weight excluding hydrogens is 163 g/mol. The van der Waals surface area contributed by atoms with E-state index in [1.165, 1.54) is 7.11 Å². The average Bonchev–Trinajstić information content (AvgIpc) is 1.86. The first-order valence-corrected chi connectivity index (χ1v) is 5.22. The summed E-state index contributed by atoms with van der Waals surface area (Å²) in [4.78, 5) is 0. The van der Waals surface area contributed by atoms with Gasteiger partial charge in [-0.15, -0.1) is 0 Å². The van der Waals surface area contributed by atoms with E-state index in [0.717, 1.165) is 0 Å². The SMILES string of the molecule is CCOP(=O)(OC)C(C)(C)C. The Morgan fingerprint density at radius 1 is 1.36 bits per heavy atom. The van der Waals surface area contributed by atoms with Gasteiger partial charge in [-0.2, -0.15) is 0 Å². The molecule has 1 atom stereocenters. The predicted octanol–water partition coefficient (Wildman–Crippen LogP) is 2.66. The largest absolute Gasteiger partial charge is 0.335 e. The Kier molecular flexibility index (Phi) is 3.75. The summed E-state index contributed by atoms with van der Waals surface area (Å²) in [7, 11) is -1.47.